The predicted molar refractivity (Wildman–Crippen MR) is 57.0 cm³/mol. The normalized spacial score (nSPS) is 12.0. The van der Waals surface area contributed by atoms with Gasteiger partial charge in [0, 0.05) is 4.88 Å². The summed E-state index contributed by atoms with van der Waals surface area (Å²) in [5.74, 6) is 0. The highest BCUT2D eigenvalue weighted by Crippen LogP contribution is 2.32. The molecular weight excluding hydrogens is 164 g/mol. The molecule has 0 aliphatic rings. The highest BCUT2D eigenvalue weighted by Gasteiger charge is 2.21. The van der Waals surface area contributed by atoms with E-state index in [-0.39, 0.29) is 0 Å². The monoisotopic (exact) mass is 182 g/mol. The number of rotatable bonds is 3. The summed E-state index contributed by atoms with van der Waals surface area (Å²) < 4.78 is 0. The third kappa shape index (κ3) is 1.71. The van der Waals surface area contributed by atoms with Gasteiger partial charge in [-0.25, -0.2) is 0 Å². The fraction of sp³-hybridized carbons (Fsp3) is 0.636. The van der Waals surface area contributed by atoms with Crippen molar-refractivity contribution < 1.29 is 0 Å². The molecule has 0 saturated heterocycles. The third-order valence-electron chi connectivity index (χ3n) is 2.68. The molecule has 0 aliphatic carbocycles. The lowest BCUT2D eigenvalue weighted by atomic mass is 9.82. The van der Waals surface area contributed by atoms with Gasteiger partial charge in [0.1, 0.15) is 0 Å². The Morgan fingerprint density at radius 3 is 2.50 bits per heavy atom. The van der Waals surface area contributed by atoms with Crippen LogP contribution in [-0.2, 0) is 11.8 Å². The van der Waals surface area contributed by atoms with E-state index >= 15 is 0 Å². The van der Waals surface area contributed by atoms with Gasteiger partial charge in [0.15, 0.2) is 0 Å². The molecule has 1 aromatic rings. The van der Waals surface area contributed by atoms with Crippen molar-refractivity contribution in [2.75, 3.05) is 0 Å². The van der Waals surface area contributed by atoms with Crippen LogP contribution in [0.2, 0.25) is 0 Å². The minimum atomic E-state index is 0.366. The molecule has 0 unspecified atom stereocenters. The van der Waals surface area contributed by atoms with Gasteiger partial charge in [0.25, 0.3) is 0 Å². The van der Waals surface area contributed by atoms with Crippen molar-refractivity contribution in [3.05, 3.63) is 21.9 Å². The molecule has 1 heteroatoms. The second-order valence-corrected chi connectivity index (χ2v) is 4.85. The topological polar surface area (TPSA) is 0 Å². The fourth-order valence-corrected chi connectivity index (χ4v) is 2.41. The van der Waals surface area contributed by atoms with E-state index in [9.17, 15) is 0 Å². The van der Waals surface area contributed by atoms with E-state index in [0.29, 0.717) is 5.41 Å². The van der Waals surface area contributed by atoms with Crippen LogP contribution in [0.1, 0.15) is 44.6 Å². The van der Waals surface area contributed by atoms with Crippen LogP contribution in [0, 0.1) is 0 Å². The molecule has 1 heterocycles. The molecule has 0 bridgehead atoms. The summed E-state index contributed by atoms with van der Waals surface area (Å²) in [5.41, 5.74) is 1.92. The third-order valence-corrected chi connectivity index (χ3v) is 3.74. The average molecular weight is 182 g/mol. The van der Waals surface area contributed by atoms with Crippen LogP contribution >= 0.6 is 11.3 Å². The first kappa shape index (κ1) is 9.79. The maximum atomic E-state index is 2.33. The first-order chi connectivity index (χ1) is 5.61. The summed E-state index contributed by atoms with van der Waals surface area (Å²) in [5, 5.41) is 2.21. The number of hydrogen-bond acceptors (Lipinski definition) is 1. The van der Waals surface area contributed by atoms with E-state index in [4.69, 9.17) is 0 Å². The Bertz CT molecular complexity index is 245. The molecule has 1 rings (SSSR count). The lowest BCUT2D eigenvalue weighted by molar-refractivity contribution is 0.504. The molecule has 0 aliphatic heterocycles. The van der Waals surface area contributed by atoms with Crippen molar-refractivity contribution in [2.24, 2.45) is 0 Å². The molecule has 0 aromatic carbocycles. The zero-order chi connectivity index (χ0) is 9.19. The van der Waals surface area contributed by atoms with Crippen molar-refractivity contribution in [3.63, 3.8) is 0 Å². The highest BCUT2D eigenvalue weighted by molar-refractivity contribution is 7.10. The Morgan fingerprint density at radius 1 is 1.33 bits per heavy atom. The van der Waals surface area contributed by atoms with Gasteiger partial charge < -0.3 is 0 Å². The van der Waals surface area contributed by atoms with Gasteiger partial charge in [-0.05, 0) is 35.3 Å². The molecule has 0 nitrogen and oxygen atoms in total. The molecule has 12 heavy (non-hydrogen) atoms. The van der Waals surface area contributed by atoms with Crippen LogP contribution in [0.3, 0.4) is 0 Å². The van der Waals surface area contributed by atoms with Crippen LogP contribution < -0.4 is 0 Å². The van der Waals surface area contributed by atoms with E-state index in [1.165, 1.54) is 12.8 Å². The van der Waals surface area contributed by atoms with E-state index in [2.05, 4.69) is 39.1 Å². The van der Waals surface area contributed by atoms with Gasteiger partial charge in [-0.2, -0.15) is 0 Å². The second kappa shape index (κ2) is 3.61. The standard InChI is InChI=1S/C11H18S/c1-5-10-9(7-8-12-10)11(3,4)6-2/h7-8H,5-6H2,1-4H3. The van der Waals surface area contributed by atoms with Crippen molar-refractivity contribution in [2.45, 2.75) is 46.0 Å². The van der Waals surface area contributed by atoms with Gasteiger partial charge in [-0.15, -0.1) is 11.3 Å². The molecule has 1 aromatic heterocycles. The van der Waals surface area contributed by atoms with Gasteiger partial charge in [-0.1, -0.05) is 27.7 Å². The zero-order valence-electron chi connectivity index (χ0n) is 8.48. The predicted octanol–water partition coefficient (Wildman–Crippen LogP) is 4.00. The van der Waals surface area contributed by atoms with Gasteiger partial charge in [0.05, 0.1) is 0 Å². The van der Waals surface area contributed by atoms with Crippen LogP contribution in [0.15, 0.2) is 11.4 Å². The van der Waals surface area contributed by atoms with Crippen LogP contribution in [0.25, 0.3) is 0 Å². The lowest BCUT2D eigenvalue weighted by Crippen LogP contribution is -2.15. The molecule has 0 saturated carbocycles. The zero-order valence-corrected chi connectivity index (χ0v) is 9.29. The van der Waals surface area contributed by atoms with Crippen molar-refractivity contribution in [1.29, 1.82) is 0 Å². The lowest BCUT2D eigenvalue weighted by Gasteiger charge is -2.23. The molecule has 0 spiro atoms. The van der Waals surface area contributed by atoms with Crippen molar-refractivity contribution in [1.82, 2.24) is 0 Å². The molecule has 0 fully saturated rings. The first-order valence-corrected chi connectivity index (χ1v) is 5.56. The van der Waals surface area contributed by atoms with E-state index < -0.39 is 0 Å². The van der Waals surface area contributed by atoms with Crippen molar-refractivity contribution in [3.8, 4) is 0 Å². The number of hydrogen-bond donors (Lipinski definition) is 0. The summed E-state index contributed by atoms with van der Waals surface area (Å²) in [7, 11) is 0. The van der Waals surface area contributed by atoms with Crippen molar-refractivity contribution >= 4 is 11.3 Å². The summed E-state index contributed by atoms with van der Waals surface area (Å²) in [6, 6.07) is 2.28. The molecule has 0 radical (unpaired) electrons. The molecule has 0 atom stereocenters. The highest BCUT2D eigenvalue weighted by atomic mass is 32.1. The summed E-state index contributed by atoms with van der Waals surface area (Å²) in [6.07, 6.45) is 2.40. The quantitative estimate of drug-likeness (QED) is 0.663. The van der Waals surface area contributed by atoms with Gasteiger partial charge >= 0.3 is 0 Å². The number of aryl methyl sites for hydroxylation is 1. The second-order valence-electron chi connectivity index (χ2n) is 3.85. The minimum absolute atomic E-state index is 0.366. The largest absolute Gasteiger partial charge is 0.149 e. The Morgan fingerprint density at radius 2 is 2.00 bits per heavy atom. The summed E-state index contributed by atoms with van der Waals surface area (Å²) >= 11 is 1.89. The Labute approximate surface area is 79.6 Å². The maximum absolute atomic E-state index is 2.33. The van der Waals surface area contributed by atoms with Crippen LogP contribution in [0.5, 0.6) is 0 Å². The number of thiophene rings is 1. The fourth-order valence-electron chi connectivity index (χ4n) is 1.41. The summed E-state index contributed by atoms with van der Waals surface area (Å²) in [4.78, 5) is 1.56. The Balaban J connectivity index is 3.00. The minimum Gasteiger partial charge on any atom is -0.149 e. The Kier molecular flexibility index (Phi) is 2.94. The first-order valence-electron chi connectivity index (χ1n) is 4.68. The van der Waals surface area contributed by atoms with E-state index in [1.807, 2.05) is 11.3 Å². The molecule has 68 valence electrons. The average Bonchev–Trinajstić information content (AvgIpc) is 2.52. The van der Waals surface area contributed by atoms with Gasteiger partial charge in [-0.3, -0.25) is 0 Å². The van der Waals surface area contributed by atoms with Crippen LogP contribution in [0.4, 0.5) is 0 Å². The molecular formula is C11H18S. The SMILES string of the molecule is CCc1sccc1C(C)(C)CC. The Hall–Kier alpha value is -0.300. The molecule has 0 N–H and O–H groups in total. The van der Waals surface area contributed by atoms with E-state index in [0.717, 1.165) is 0 Å². The van der Waals surface area contributed by atoms with Gasteiger partial charge in [0.2, 0.25) is 0 Å². The summed E-state index contributed by atoms with van der Waals surface area (Å²) in [6.45, 7) is 9.15. The smallest absolute Gasteiger partial charge is 0.00799 e. The maximum Gasteiger partial charge on any atom is 0.00799 e. The van der Waals surface area contributed by atoms with E-state index in [1.54, 1.807) is 10.4 Å². The van der Waals surface area contributed by atoms with Crippen LogP contribution in [-0.4, -0.2) is 0 Å². The molecule has 0 amide bonds.